The highest BCUT2D eigenvalue weighted by atomic mass is 127. The standard InChI is InChI=1S/C17H36N4O3.HI/c1-8-11-21(16(22)24-17(4,5)6)12-10-19-15(18-9-2)20-14(3)13-23-7;/h14H,8-13H2,1-7H3,(H2,18,19,20);1H. The number of guanidine groups is 1. The molecule has 0 bridgehead atoms. The van der Waals surface area contributed by atoms with Crippen LogP contribution in [-0.2, 0) is 9.47 Å². The molecule has 1 unspecified atom stereocenters. The molecule has 7 nitrogen and oxygen atoms in total. The second kappa shape index (κ2) is 14.4. The number of nitrogens with zero attached hydrogens (tertiary/aromatic N) is 2. The van der Waals surface area contributed by atoms with Crippen LogP contribution in [0.1, 0.15) is 48.0 Å². The van der Waals surface area contributed by atoms with Gasteiger partial charge in [-0.2, -0.15) is 0 Å². The third kappa shape index (κ3) is 14.1. The number of hydrogen-bond donors (Lipinski definition) is 2. The normalized spacial score (nSPS) is 12.8. The number of nitrogens with one attached hydrogen (secondary N) is 2. The second-order valence-electron chi connectivity index (χ2n) is 6.73. The number of hydrogen-bond acceptors (Lipinski definition) is 4. The minimum Gasteiger partial charge on any atom is -0.444 e. The molecule has 0 saturated carbocycles. The summed E-state index contributed by atoms with van der Waals surface area (Å²) < 4.78 is 10.6. The molecule has 0 rings (SSSR count). The Kier molecular flexibility index (Phi) is 15.2. The summed E-state index contributed by atoms with van der Waals surface area (Å²) in [6.45, 7) is 14.8. The van der Waals surface area contributed by atoms with Crippen molar-refractivity contribution in [2.24, 2.45) is 4.99 Å². The zero-order chi connectivity index (χ0) is 18.6. The summed E-state index contributed by atoms with van der Waals surface area (Å²) in [6.07, 6.45) is 0.594. The Morgan fingerprint density at radius 3 is 2.36 bits per heavy atom. The summed E-state index contributed by atoms with van der Waals surface area (Å²) in [4.78, 5) is 18.5. The Bertz CT molecular complexity index is 387. The monoisotopic (exact) mass is 472 g/mol. The van der Waals surface area contributed by atoms with Gasteiger partial charge in [-0.05, 0) is 41.0 Å². The molecule has 0 aliphatic carbocycles. The lowest BCUT2D eigenvalue weighted by Gasteiger charge is -2.27. The summed E-state index contributed by atoms with van der Waals surface area (Å²) in [7, 11) is 1.67. The van der Waals surface area contributed by atoms with Crippen LogP contribution in [-0.4, -0.2) is 68.5 Å². The SMILES string of the molecule is CCCN(CCN=C(NCC)NC(C)COC)C(=O)OC(C)(C)C.I. The predicted octanol–water partition coefficient (Wildman–Crippen LogP) is 2.84. The van der Waals surface area contributed by atoms with Crippen LogP contribution in [0.25, 0.3) is 0 Å². The molecule has 150 valence electrons. The highest BCUT2D eigenvalue weighted by molar-refractivity contribution is 14.0. The quantitative estimate of drug-likeness (QED) is 0.307. The topological polar surface area (TPSA) is 75.2 Å². The number of aliphatic imine (C=N–C) groups is 1. The molecule has 25 heavy (non-hydrogen) atoms. The van der Waals surface area contributed by atoms with Gasteiger partial charge in [-0.15, -0.1) is 24.0 Å². The molecule has 0 aliphatic rings. The third-order valence-corrected chi connectivity index (χ3v) is 2.93. The van der Waals surface area contributed by atoms with E-state index < -0.39 is 5.60 Å². The number of methoxy groups -OCH3 is 1. The number of amides is 1. The molecular weight excluding hydrogens is 435 g/mol. The zero-order valence-electron chi connectivity index (χ0n) is 16.8. The van der Waals surface area contributed by atoms with Crippen LogP contribution in [0.4, 0.5) is 4.79 Å². The van der Waals surface area contributed by atoms with E-state index >= 15 is 0 Å². The molecule has 0 radical (unpaired) electrons. The lowest BCUT2D eigenvalue weighted by Crippen LogP contribution is -2.44. The molecule has 2 N–H and O–H groups in total. The fourth-order valence-electron chi connectivity index (χ4n) is 2.02. The third-order valence-electron chi connectivity index (χ3n) is 2.93. The molecule has 0 aromatic rings. The predicted molar refractivity (Wildman–Crippen MR) is 114 cm³/mol. The Balaban J connectivity index is 0. The van der Waals surface area contributed by atoms with Crippen LogP contribution in [0.5, 0.6) is 0 Å². The highest BCUT2D eigenvalue weighted by Crippen LogP contribution is 2.10. The largest absolute Gasteiger partial charge is 0.444 e. The van der Waals surface area contributed by atoms with E-state index in [0.717, 1.165) is 18.9 Å². The Morgan fingerprint density at radius 2 is 1.88 bits per heavy atom. The van der Waals surface area contributed by atoms with Gasteiger partial charge in [0.15, 0.2) is 5.96 Å². The fourth-order valence-corrected chi connectivity index (χ4v) is 2.02. The molecule has 0 aromatic heterocycles. The molecule has 0 spiro atoms. The number of carbonyl (C=O) groups excluding carboxylic acids is 1. The van der Waals surface area contributed by atoms with Gasteiger partial charge in [0.1, 0.15) is 5.60 Å². The maximum atomic E-state index is 12.2. The van der Waals surface area contributed by atoms with Gasteiger partial charge in [-0.3, -0.25) is 4.99 Å². The Hall–Kier alpha value is -0.770. The van der Waals surface area contributed by atoms with Crippen LogP contribution in [0.3, 0.4) is 0 Å². The maximum absolute atomic E-state index is 12.2. The smallest absolute Gasteiger partial charge is 0.410 e. The summed E-state index contributed by atoms with van der Waals surface area (Å²) in [5, 5.41) is 6.46. The van der Waals surface area contributed by atoms with Crippen LogP contribution in [0.15, 0.2) is 4.99 Å². The molecule has 0 saturated heterocycles. The molecule has 0 heterocycles. The van der Waals surface area contributed by atoms with E-state index in [-0.39, 0.29) is 36.1 Å². The van der Waals surface area contributed by atoms with Gasteiger partial charge in [0.2, 0.25) is 0 Å². The average molecular weight is 472 g/mol. The number of carbonyl (C=O) groups is 1. The molecule has 0 aliphatic heterocycles. The summed E-state index contributed by atoms with van der Waals surface area (Å²) >= 11 is 0. The number of rotatable bonds is 9. The minimum atomic E-state index is -0.488. The lowest BCUT2D eigenvalue weighted by atomic mass is 10.2. The van der Waals surface area contributed by atoms with Crippen LogP contribution < -0.4 is 10.6 Å². The Morgan fingerprint density at radius 1 is 1.24 bits per heavy atom. The van der Waals surface area contributed by atoms with E-state index in [2.05, 4.69) is 15.6 Å². The fraction of sp³-hybridized carbons (Fsp3) is 0.882. The second-order valence-corrected chi connectivity index (χ2v) is 6.73. The van der Waals surface area contributed by atoms with Gasteiger partial charge < -0.3 is 25.0 Å². The van der Waals surface area contributed by atoms with Gasteiger partial charge in [0, 0.05) is 32.8 Å². The van der Waals surface area contributed by atoms with Crippen molar-refractivity contribution in [1.82, 2.24) is 15.5 Å². The number of ether oxygens (including phenoxy) is 2. The van der Waals surface area contributed by atoms with Gasteiger partial charge >= 0.3 is 6.09 Å². The van der Waals surface area contributed by atoms with E-state index in [0.29, 0.717) is 26.2 Å². The van der Waals surface area contributed by atoms with Crippen molar-refractivity contribution < 1.29 is 14.3 Å². The number of halogens is 1. The van der Waals surface area contributed by atoms with Crippen LogP contribution in [0.2, 0.25) is 0 Å². The molecule has 1 amide bonds. The van der Waals surface area contributed by atoms with Gasteiger partial charge in [0.05, 0.1) is 13.2 Å². The molecule has 1 atom stereocenters. The van der Waals surface area contributed by atoms with E-state index in [1.807, 2.05) is 41.5 Å². The maximum Gasteiger partial charge on any atom is 0.410 e. The summed E-state index contributed by atoms with van der Waals surface area (Å²) in [5.41, 5.74) is -0.488. The van der Waals surface area contributed by atoms with Gasteiger partial charge in [0.25, 0.3) is 0 Å². The van der Waals surface area contributed by atoms with Crippen molar-refractivity contribution in [3.63, 3.8) is 0 Å². The first-order chi connectivity index (χ1) is 11.2. The van der Waals surface area contributed by atoms with Crippen molar-refractivity contribution >= 4 is 36.0 Å². The molecular formula is C17H37IN4O3. The Labute approximate surface area is 170 Å². The van der Waals surface area contributed by atoms with Gasteiger partial charge in [-0.25, -0.2) is 4.79 Å². The molecule has 0 aromatic carbocycles. The van der Waals surface area contributed by atoms with E-state index in [1.165, 1.54) is 0 Å². The summed E-state index contributed by atoms with van der Waals surface area (Å²) in [5.74, 6) is 0.725. The van der Waals surface area contributed by atoms with E-state index in [9.17, 15) is 4.79 Å². The summed E-state index contributed by atoms with van der Waals surface area (Å²) in [6, 6.07) is 0.158. The van der Waals surface area contributed by atoms with Crippen molar-refractivity contribution in [3.8, 4) is 0 Å². The first-order valence-electron chi connectivity index (χ1n) is 8.75. The van der Waals surface area contributed by atoms with Crippen LogP contribution in [0, 0.1) is 0 Å². The first kappa shape index (κ1) is 26.5. The van der Waals surface area contributed by atoms with Crippen LogP contribution >= 0.6 is 24.0 Å². The highest BCUT2D eigenvalue weighted by Gasteiger charge is 2.21. The van der Waals surface area contributed by atoms with Gasteiger partial charge in [-0.1, -0.05) is 6.92 Å². The first-order valence-corrected chi connectivity index (χ1v) is 8.75. The zero-order valence-corrected chi connectivity index (χ0v) is 19.2. The van der Waals surface area contributed by atoms with Crippen molar-refractivity contribution in [3.05, 3.63) is 0 Å². The van der Waals surface area contributed by atoms with Crippen molar-refractivity contribution in [1.29, 1.82) is 0 Å². The molecule has 0 fully saturated rings. The van der Waals surface area contributed by atoms with E-state index in [4.69, 9.17) is 9.47 Å². The molecule has 8 heteroatoms. The van der Waals surface area contributed by atoms with Crippen molar-refractivity contribution in [2.45, 2.75) is 59.6 Å². The lowest BCUT2D eigenvalue weighted by molar-refractivity contribution is 0.0256. The average Bonchev–Trinajstić information content (AvgIpc) is 2.44. The minimum absolute atomic E-state index is 0. The van der Waals surface area contributed by atoms with Crippen molar-refractivity contribution in [2.75, 3.05) is 39.9 Å². The van der Waals surface area contributed by atoms with E-state index in [1.54, 1.807) is 12.0 Å².